The number of carbonyl (C=O) groups excluding carboxylic acids is 1. The van der Waals surface area contributed by atoms with Crippen molar-refractivity contribution in [3.05, 3.63) is 16.1 Å². The Morgan fingerprint density at radius 3 is 2.74 bits per heavy atom. The second-order valence-electron chi connectivity index (χ2n) is 4.57. The summed E-state index contributed by atoms with van der Waals surface area (Å²) in [5.41, 5.74) is 0. The Bertz CT molecular complexity index is 488. The fourth-order valence-corrected chi connectivity index (χ4v) is 2.88. The minimum Gasteiger partial charge on any atom is -0.479 e. The number of aromatic nitrogens is 1. The van der Waals surface area contributed by atoms with Gasteiger partial charge in [0.2, 0.25) is 0 Å². The lowest BCUT2D eigenvalue weighted by Gasteiger charge is -2.20. The van der Waals surface area contributed by atoms with Crippen LogP contribution in [0.25, 0.3) is 0 Å². The van der Waals surface area contributed by atoms with Crippen LogP contribution in [0.3, 0.4) is 0 Å². The molecule has 2 unspecified atom stereocenters. The molecule has 19 heavy (non-hydrogen) atoms. The maximum absolute atomic E-state index is 12.1. The van der Waals surface area contributed by atoms with Crippen LogP contribution in [0, 0.1) is 6.92 Å². The van der Waals surface area contributed by atoms with Crippen LogP contribution in [0.4, 0.5) is 0 Å². The van der Waals surface area contributed by atoms with Crippen LogP contribution in [0.15, 0.2) is 6.20 Å². The molecule has 1 aliphatic rings. The van der Waals surface area contributed by atoms with Gasteiger partial charge < -0.3 is 14.7 Å². The van der Waals surface area contributed by atoms with Crippen molar-refractivity contribution in [2.75, 3.05) is 7.05 Å². The van der Waals surface area contributed by atoms with E-state index in [0.717, 1.165) is 9.88 Å². The molecule has 0 aliphatic carbocycles. The smallest absolute Gasteiger partial charge is 0.332 e. The first-order valence-electron chi connectivity index (χ1n) is 6.02. The number of ether oxygens (including phenoxy) is 1. The lowest BCUT2D eigenvalue weighted by Crippen LogP contribution is -2.36. The molecule has 1 fully saturated rings. The first-order valence-corrected chi connectivity index (χ1v) is 6.83. The lowest BCUT2D eigenvalue weighted by atomic mass is 10.2. The zero-order valence-corrected chi connectivity index (χ0v) is 11.6. The monoisotopic (exact) mass is 284 g/mol. The van der Waals surface area contributed by atoms with Gasteiger partial charge in [0.25, 0.3) is 5.91 Å². The number of carboxylic acid groups (broad SMARTS) is 1. The Labute approximate surface area is 115 Å². The van der Waals surface area contributed by atoms with Crippen molar-refractivity contribution in [2.24, 2.45) is 0 Å². The minimum absolute atomic E-state index is 0.171. The Kier molecular flexibility index (Phi) is 4.16. The van der Waals surface area contributed by atoms with E-state index in [1.54, 1.807) is 29.5 Å². The lowest BCUT2D eigenvalue weighted by molar-refractivity contribution is -0.154. The molecular formula is C12H16N2O4S. The van der Waals surface area contributed by atoms with E-state index < -0.39 is 18.2 Å². The number of likely N-dealkylation sites (N-methyl/N-ethyl adjacent to an activating group) is 1. The van der Waals surface area contributed by atoms with E-state index in [-0.39, 0.29) is 5.91 Å². The standard InChI is InChI=1S/C12H16N2O4S/c1-7-13-5-8(19-7)6-14(2)11(15)9-3-4-10(18-9)12(16)17/h5,9-10H,3-4,6H2,1-2H3,(H,16,17). The molecule has 0 spiro atoms. The summed E-state index contributed by atoms with van der Waals surface area (Å²) in [4.78, 5) is 29.6. The van der Waals surface area contributed by atoms with E-state index in [4.69, 9.17) is 9.84 Å². The van der Waals surface area contributed by atoms with Gasteiger partial charge in [-0.3, -0.25) is 4.79 Å². The van der Waals surface area contributed by atoms with Crippen molar-refractivity contribution in [3.8, 4) is 0 Å². The molecule has 0 radical (unpaired) electrons. The average molecular weight is 284 g/mol. The predicted octanol–water partition coefficient (Wildman–Crippen LogP) is 1.04. The molecule has 1 aliphatic heterocycles. The van der Waals surface area contributed by atoms with Crippen LogP contribution in [0.2, 0.25) is 0 Å². The third-order valence-corrected chi connectivity index (χ3v) is 3.91. The van der Waals surface area contributed by atoms with Crippen LogP contribution >= 0.6 is 11.3 Å². The summed E-state index contributed by atoms with van der Waals surface area (Å²) in [5, 5.41) is 9.79. The second kappa shape index (κ2) is 5.66. The van der Waals surface area contributed by atoms with Gasteiger partial charge in [-0.05, 0) is 19.8 Å². The zero-order chi connectivity index (χ0) is 14.0. The number of hydrogen-bond acceptors (Lipinski definition) is 5. The summed E-state index contributed by atoms with van der Waals surface area (Å²) in [6.45, 7) is 2.38. The number of aryl methyl sites for hydroxylation is 1. The van der Waals surface area contributed by atoms with Crippen molar-refractivity contribution in [1.82, 2.24) is 9.88 Å². The van der Waals surface area contributed by atoms with Gasteiger partial charge >= 0.3 is 5.97 Å². The van der Waals surface area contributed by atoms with Gasteiger partial charge in [0.1, 0.15) is 6.10 Å². The van der Waals surface area contributed by atoms with Crippen molar-refractivity contribution >= 4 is 23.2 Å². The summed E-state index contributed by atoms with van der Waals surface area (Å²) < 4.78 is 5.25. The number of hydrogen-bond donors (Lipinski definition) is 1. The van der Waals surface area contributed by atoms with Crippen molar-refractivity contribution in [2.45, 2.75) is 38.5 Å². The summed E-state index contributed by atoms with van der Waals surface area (Å²) >= 11 is 1.54. The molecule has 1 amide bonds. The van der Waals surface area contributed by atoms with Crippen LogP contribution in [-0.2, 0) is 20.9 Å². The molecule has 0 aromatic carbocycles. The zero-order valence-electron chi connectivity index (χ0n) is 10.8. The van der Waals surface area contributed by atoms with Gasteiger partial charge in [-0.25, -0.2) is 9.78 Å². The highest BCUT2D eigenvalue weighted by molar-refractivity contribution is 7.11. The van der Waals surface area contributed by atoms with Crippen LogP contribution in [0.1, 0.15) is 22.7 Å². The molecule has 2 heterocycles. The number of carboxylic acids is 1. The minimum atomic E-state index is -1.00. The largest absolute Gasteiger partial charge is 0.479 e. The highest BCUT2D eigenvalue weighted by Crippen LogP contribution is 2.22. The SMILES string of the molecule is Cc1ncc(CN(C)C(=O)C2CCC(C(=O)O)O2)s1. The Morgan fingerprint density at radius 1 is 1.53 bits per heavy atom. The number of carbonyl (C=O) groups is 2. The second-order valence-corrected chi connectivity index (χ2v) is 5.89. The van der Waals surface area contributed by atoms with E-state index >= 15 is 0 Å². The molecule has 1 aromatic heterocycles. The number of amides is 1. The highest BCUT2D eigenvalue weighted by Gasteiger charge is 2.36. The van der Waals surface area contributed by atoms with Crippen molar-refractivity contribution in [3.63, 3.8) is 0 Å². The predicted molar refractivity (Wildman–Crippen MR) is 68.9 cm³/mol. The third-order valence-electron chi connectivity index (χ3n) is 3.01. The van der Waals surface area contributed by atoms with Crippen molar-refractivity contribution < 1.29 is 19.4 Å². The van der Waals surface area contributed by atoms with Crippen molar-refractivity contribution in [1.29, 1.82) is 0 Å². The molecule has 1 N–H and O–H groups in total. The summed E-state index contributed by atoms with van der Waals surface area (Å²) in [7, 11) is 1.69. The molecule has 1 saturated heterocycles. The molecule has 2 rings (SSSR count). The van der Waals surface area contributed by atoms with Crippen LogP contribution < -0.4 is 0 Å². The Balaban J connectivity index is 1.91. The van der Waals surface area contributed by atoms with Gasteiger partial charge in [-0.15, -0.1) is 11.3 Å². The quantitative estimate of drug-likeness (QED) is 0.893. The number of aliphatic carboxylic acids is 1. The molecule has 7 heteroatoms. The molecule has 1 aromatic rings. The number of thiazole rings is 1. The van der Waals surface area contributed by atoms with Crippen LogP contribution in [0.5, 0.6) is 0 Å². The Morgan fingerprint density at radius 2 is 2.21 bits per heavy atom. The molecular weight excluding hydrogens is 268 g/mol. The normalized spacial score (nSPS) is 22.4. The highest BCUT2D eigenvalue weighted by atomic mass is 32.1. The summed E-state index contributed by atoms with van der Waals surface area (Å²) in [5.74, 6) is -1.18. The maximum atomic E-state index is 12.1. The van der Waals surface area contributed by atoms with E-state index in [1.807, 2.05) is 6.92 Å². The summed E-state index contributed by atoms with van der Waals surface area (Å²) in [6.07, 6.45) is 1.11. The first kappa shape index (κ1) is 14.0. The third kappa shape index (κ3) is 3.30. The maximum Gasteiger partial charge on any atom is 0.332 e. The van der Waals surface area contributed by atoms with E-state index in [0.29, 0.717) is 19.4 Å². The van der Waals surface area contributed by atoms with E-state index in [9.17, 15) is 9.59 Å². The Hall–Kier alpha value is -1.47. The van der Waals surface area contributed by atoms with Gasteiger partial charge in [0.05, 0.1) is 11.6 Å². The summed E-state index contributed by atoms with van der Waals surface area (Å²) in [6, 6.07) is 0. The molecule has 6 nitrogen and oxygen atoms in total. The average Bonchev–Trinajstić information content (AvgIpc) is 2.97. The first-order chi connectivity index (χ1) is 8.97. The molecule has 0 bridgehead atoms. The molecule has 0 saturated carbocycles. The van der Waals surface area contributed by atoms with Gasteiger partial charge in [0.15, 0.2) is 6.10 Å². The number of nitrogens with zero attached hydrogens (tertiary/aromatic N) is 2. The van der Waals surface area contributed by atoms with E-state index in [1.165, 1.54) is 0 Å². The molecule has 2 atom stereocenters. The van der Waals surface area contributed by atoms with Gasteiger partial charge in [-0.1, -0.05) is 0 Å². The fraction of sp³-hybridized carbons (Fsp3) is 0.583. The van der Waals surface area contributed by atoms with Crippen LogP contribution in [-0.4, -0.2) is 46.1 Å². The van der Waals surface area contributed by atoms with Gasteiger partial charge in [0, 0.05) is 18.1 Å². The fourth-order valence-electron chi connectivity index (χ4n) is 2.04. The van der Waals surface area contributed by atoms with Gasteiger partial charge in [-0.2, -0.15) is 0 Å². The molecule has 104 valence electrons. The topological polar surface area (TPSA) is 79.7 Å². The van der Waals surface area contributed by atoms with E-state index in [2.05, 4.69) is 4.98 Å². The number of rotatable bonds is 4.